The summed E-state index contributed by atoms with van der Waals surface area (Å²) < 4.78 is 5.85. The second-order valence-corrected chi connectivity index (χ2v) is 11.8. The van der Waals surface area contributed by atoms with Gasteiger partial charge < -0.3 is 20.1 Å². The van der Waals surface area contributed by atoms with Crippen molar-refractivity contribution in [2.24, 2.45) is 0 Å². The Balaban J connectivity index is 0. The van der Waals surface area contributed by atoms with E-state index in [-0.39, 0.29) is 13.2 Å². The SMILES string of the molecule is CCCCCCCCCCCCCCCCOCCCCCCCCCCCCCCCC.OCC(O)CO. The Labute approximate surface area is 246 Å². The van der Waals surface area contributed by atoms with E-state index in [4.69, 9.17) is 20.1 Å². The first-order valence-electron chi connectivity index (χ1n) is 17.7. The van der Waals surface area contributed by atoms with Gasteiger partial charge in [-0.2, -0.15) is 0 Å². The van der Waals surface area contributed by atoms with Gasteiger partial charge in [-0.25, -0.2) is 0 Å². The molecule has 0 amide bonds. The largest absolute Gasteiger partial charge is 0.394 e. The van der Waals surface area contributed by atoms with Crippen LogP contribution < -0.4 is 0 Å². The molecule has 0 saturated heterocycles. The maximum absolute atomic E-state index is 8.17. The summed E-state index contributed by atoms with van der Waals surface area (Å²) in [5, 5.41) is 24.0. The second-order valence-electron chi connectivity index (χ2n) is 11.8. The maximum atomic E-state index is 8.17. The lowest BCUT2D eigenvalue weighted by atomic mass is 10.0. The highest BCUT2D eigenvalue weighted by atomic mass is 16.5. The standard InChI is InChI=1S/C32H66O.C3H8O3/c1-3-5-7-9-11-13-15-17-19-21-23-25-27-29-31-33-32-30-28-26-24-22-20-18-16-14-12-10-8-6-4-2;4-1-3(6)2-5/h3-32H2,1-2H3;3-6H,1-2H2. The molecule has 0 saturated carbocycles. The highest BCUT2D eigenvalue weighted by Gasteiger charge is 1.97. The fraction of sp³-hybridized carbons (Fsp3) is 1.00. The first kappa shape index (κ1) is 41.0. The monoisotopic (exact) mass is 559 g/mol. The molecule has 0 aromatic heterocycles. The van der Waals surface area contributed by atoms with Crippen LogP contribution in [0.4, 0.5) is 0 Å². The zero-order chi connectivity index (χ0) is 28.9. The number of rotatable bonds is 32. The number of hydrogen-bond donors (Lipinski definition) is 3. The summed E-state index contributed by atoms with van der Waals surface area (Å²) in [7, 11) is 0. The second kappa shape index (κ2) is 40.0. The lowest BCUT2D eigenvalue weighted by Crippen LogP contribution is -2.15. The minimum Gasteiger partial charge on any atom is -0.394 e. The van der Waals surface area contributed by atoms with Gasteiger partial charge in [0.25, 0.3) is 0 Å². The summed E-state index contributed by atoms with van der Waals surface area (Å²) in [5.74, 6) is 0. The van der Waals surface area contributed by atoms with Crippen LogP contribution >= 0.6 is 0 Å². The van der Waals surface area contributed by atoms with E-state index >= 15 is 0 Å². The van der Waals surface area contributed by atoms with Crippen LogP contribution in [0.5, 0.6) is 0 Å². The van der Waals surface area contributed by atoms with E-state index in [9.17, 15) is 0 Å². The Bertz CT molecular complexity index is 357. The van der Waals surface area contributed by atoms with Crippen LogP contribution in [0.3, 0.4) is 0 Å². The van der Waals surface area contributed by atoms with Crippen LogP contribution in [-0.4, -0.2) is 47.9 Å². The molecule has 0 heterocycles. The highest BCUT2D eigenvalue weighted by molar-refractivity contribution is 4.51. The van der Waals surface area contributed by atoms with Gasteiger partial charge in [0.2, 0.25) is 0 Å². The third-order valence-corrected chi connectivity index (χ3v) is 7.71. The molecule has 0 atom stereocenters. The van der Waals surface area contributed by atoms with Crippen LogP contribution in [0.25, 0.3) is 0 Å². The van der Waals surface area contributed by atoms with Gasteiger partial charge in [0, 0.05) is 13.2 Å². The molecule has 0 spiro atoms. The predicted molar refractivity (Wildman–Crippen MR) is 172 cm³/mol. The lowest BCUT2D eigenvalue weighted by molar-refractivity contribution is 0.0450. The highest BCUT2D eigenvalue weighted by Crippen LogP contribution is 2.14. The van der Waals surface area contributed by atoms with Gasteiger partial charge in [-0.05, 0) is 12.8 Å². The van der Waals surface area contributed by atoms with Crippen molar-refractivity contribution < 1.29 is 20.1 Å². The topological polar surface area (TPSA) is 69.9 Å². The number of ether oxygens (including phenoxy) is 1. The molecule has 0 aromatic rings. The Morgan fingerprint density at radius 1 is 0.359 bits per heavy atom. The summed E-state index contributed by atoms with van der Waals surface area (Å²) in [6.45, 7) is 5.86. The molecule has 0 radical (unpaired) electrons. The summed E-state index contributed by atoms with van der Waals surface area (Å²) in [6.07, 6.45) is 39.1. The van der Waals surface area contributed by atoms with Crippen molar-refractivity contribution in [1.29, 1.82) is 0 Å². The number of hydrogen-bond acceptors (Lipinski definition) is 4. The Kier molecular flexibility index (Phi) is 42.0. The molecule has 4 heteroatoms. The van der Waals surface area contributed by atoms with Gasteiger partial charge in [-0.1, -0.05) is 181 Å². The first-order valence-corrected chi connectivity index (χ1v) is 17.7. The Morgan fingerprint density at radius 2 is 0.564 bits per heavy atom. The average Bonchev–Trinajstić information content (AvgIpc) is 2.96. The maximum Gasteiger partial charge on any atom is 0.100 e. The van der Waals surface area contributed by atoms with Crippen LogP contribution in [-0.2, 0) is 4.74 Å². The van der Waals surface area contributed by atoms with Crippen molar-refractivity contribution in [3.63, 3.8) is 0 Å². The summed E-state index contributed by atoms with van der Waals surface area (Å²) >= 11 is 0. The van der Waals surface area contributed by atoms with E-state index < -0.39 is 6.10 Å². The smallest absolute Gasteiger partial charge is 0.100 e. The quantitative estimate of drug-likeness (QED) is 0.0718. The van der Waals surface area contributed by atoms with E-state index in [1.807, 2.05) is 0 Å². The molecule has 0 fully saturated rings. The van der Waals surface area contributed by atoms with E-state index in [0.29, 0.717) is 0 Å². The molecule has 0 rings (SSSR count). The average molecular weight is 559 g/mol. The first-order chi connectivity index (χ1) is 19.2. The fourth-order valence-electron chi connectivity index (χ4n) is 4.96. The molecule has 0 aliphatic rings. The molecule has 3 N–H and O–H groups in total. The van der Waals surface area contributed by atoms with Crippen LogP contribution in [0.2, 0.25) is 0 Å². The van der Waals surface area contributed by atoms with Crippen LogP contribution in [0.15, 0.2) is 0 Å². The van der Waals surface area contributed by atoms with E-state index in [1.165, 1.54) is 180 Å². The normalized spacial score (nSPS) is 11.2. The van der Waals surface area contributed by atoms with Crippen molar-refractivity contribution in [1.82, 2.24) is 0 Å². The van der Waals surface area contributed by atoms with Crippen molar-refractivity contribution in [3.8, 4) is 0 Å². The van der Waals surface area contributed by atoms with Gasteiger partial charge in [-0.3, -0.25) is 0 Å². The molecule has 4 nitrogen and oxygen atoms in total. The third-order valence-electron chi connectivity index (χ3n) is 7.71. The van der Waals surface area contributed by atoms with Crippen LogP contribution in [0.1, 0.15) is 194 Å². The molecule has 0 unspecified atom stereocenters. The molecule has 0 aromatic carbocycles. The van der Waals surface area contributed by atoms with E-state index in [1.54, 1.807) is 0 Å². The molecule has 0 aliphatic carbocycles. The zero-order valence-electron chi connectivity index (χ0n) is 27.0. The summed E-state index contributed by atoms with van der Waals surface area (Å²) in [4.78, 5) is 0. The van der Waals surface area contributed by atoms with Crippen molar-refractivity contribution >= 4 is 0 Å². The van der Waals surface area contributed by atoms with Gasteiger partial charge in [0.1, 0.15) is 6.10 Å². The van der Waals surface area contributed by atoms with Gasteiger partial charge in [0.05, 0.1) is 13.2 Å². The number of aliphatic hydroxyl groups excluding tert-OH is 3. The van der Waals surface area contributed by atoms with Crippen molar-refractivity contribution in [2.45, 2.75) is 200 Å². The molecule has 238 valence electrons. The van der Waals surface area contributed by atoms with Crippen LogP contribution in [0, 0.1) is 0 Å². The Hall–Kier alpha value is -0.160. The molecule has 0 aliphatic heterocycles. The fourth-order valence-corrected chi connectivity index (χ4v) is 4.96. The molecular weight excluding hydrogens is 484 g/mol. The zero-order valence-corrected chi connectivity index (χ0v) is 27.0. The Morgan fingerprint density at radius 3 is 0.744 bits per heavy atom. The van der Waals surface area contributed by atoms with Gasteiger partial charge in [-0.15, -0.1) is 0 Å². The molecular formula is C35H74O4. The van der Waals surface area contributed by atoms with Crippen molar-refractivity contribution in [2.75, 3.05) is 26.4 Å². The van der Waals surface area contributed by atoms with Gasteiger partial charge >= 0.3 is 0 Å². The number of aliphatic hydroxyl groups is 3. The molecule has 0 bridgehead atoms. The summed E-state index contributed by atoms with van der Waals surface area (Å²) in [6, 6.07) is 0. The van der Waals surface area contributed by atoms with Crippen molar-refractivity contribution in [3.05, 3.63) is 0 Å². The number of unbranched alkanes of at least 4 members (excludes halogenated alkanes) is 26. The van der Waals surface area contributed by atoms with E-state index in [2.05, 4.69) is 13.8 Å². The molecule has 39 heavy (non-hydrogen) atoms. The third kappa shape index (κ3) is 42.4. The minimum absolute atomic E-state index is 0.365. The van der Waals surface area contributed by atoms with Gasteiger partial charge in [0.15, 0.2) is 0 Å². The predicted octanol–water partition coefficient (Wildman–Crippen LogP) is 10.3. The minimum atomic E-state index is -0.954. The van der Waals surface area contributed by atoms with E-state index in [0.717, 1.165) is 13.2 Å². The lowest BCUT2D eigenvalue weighted by Gasteiger charge is -2.05. The summed E-state index contributed by atoms with van der Waals surface area (Å²) in [5.41, 5.74) is 0.